The highest BCUT2D eigenvalue weighted by Gasteiger charge is 2.28. The van der Waals surface area contributed by atoms with Gasteiger partial charge in [0.1, 0.15) is 12.4 Å². The van der Waals surface area contributed by atoms with E-state index < -0.39 is 0 Å². The van der Waals surface area contributed by atoms with Gasteiger partial charge in [0.25, 0.3) is 0 Å². The van der Waals surface area contributed by atoms with Gasteiger partial charge in [0.15, 0.2) is 0 Å². The van der Waals surface area contributed by atoms with Crippen LogP contribution in [0.15, 0.2) is 36.7 Å². The molecule has 3 aromatic rings. The number of fused-ring (bicyclic) bond motifs is 2. The van der Waals surface area contributed by atoms with E-state index in [1.807, 2.05) is 41.9 Å². The number of cyclic esters (lactones) is 1. The van der Waals surface area contributed by atoms with Crippen molar-refractivity contribution >= 4 is 17.0 Å². The fourth-order valence-electron chi connectivity index (χ4n) is 2.92. The molecule has 0 radical (unpaired) electrons. The molecule has 0 aliphatic carbocycles. The predicted octanol–water partition coefficient (Wildman–Crippen LogP) is 2.92. The van der Waals surface area contributed by atoms with Gasteiger partial charge in [-0.2, -0.15) is 0 Å². The van der Waals surface area contributed by atoms with E-state index in [1.54, 1.807) is 13.4 Å². The van der Waals surface area contributed by atoms with Crippen LogP contribution in [0, 0.1) is 0 Å². The van der Waals surface area contributed by atoms with Gasteiger partial charge < -0.3 is 14.0 Å². The summed E-state index contributed by atoms with van der Waals surface area (Å²) in [7, 11) is 3.57. The van der Waals surface area contributed by atoms with Crippen molar-refractivity contribution in [2.24, 2.45) is 7.05 Å². The number of aryl methyl sites for hydroxylation is 1. The molecule has 0 saturated carbocycles. The molecule has 0 N–H and O–H groups in total. The molecular weight excluding hydrogens is 280 g/mol. The third-order valence-electron chi connectivity index (χ3n) is 4.04. The fraction of sp³-hybridized carbons (Fsp3) is 0.176. The SMILES string of the molecule is COc1ccc(-c2c3c(cc4c2ncn4C)COC3=O)cc1. The van der Waals surface area contributed by atoms with Crippen molar-refractivity contribution in [1.82, 2.24) is 9.55 Å². The number of rotatable bonds is 2. The highest BCUT2D eigenvalue weighted by molar-refractivity contribution is 6.08. The Labute approximate surface area is 127 Å². The molecule has 0 amide bonds. The number of hydrogen-bond donors (Lipinski definition) is 0. The zero-order valence-corrected chi connectivity index (χ0v) is 12.3. The van der Waals surface area contributed by atoms with E-state index in [1.165, 1.54) is 0 Å². The number of carbonyl (C=O) groups is 1. The lowest BCUT2D eigenvalue weighted by Gasteiger charge is -2.09. The van der Waals surface area contributed by atoms with E-state index in [-0.39, 0.29) is 5.97 Å². The van der Waals surface area contributed by atoms with Crippen molar-refractivity contribution in [2.45, 2.75) is 6.61 Å². The Kier molecular flexibility index (Phi) is 2.69. The summed E-state index contributed by atoms with van der Waals surface area (Å²) >= 11 is 0. The standard InChI is InChI=1S/C17H14N2O3/c1-19-9-18-16-13(19)7-11-8-22-17(20)15(11)14(16)10-3-5-12(21-2)6-4-10/h3-7,9H,8H2,1-2H3. The second-order valence-electron chi connectivity index (χ2n) is 5.31. The lowest BCUT2D eigenvalue weighted by Crippen LogP contribution is -1.99. The molecule has 5 nitrogen and oxygen atoms in total. The van der Waals surface area contributed by atoms with Crippen molar-refractivity contribution in [3.8, 4) is 16.9 Å². The van der Waals surface area contributed by atoms with Gasteiger partial charge in [-0.1, -0.05) is 12.1 Å². The van der Waals surface area contributed by atoms with Gasteiger partial charge in [-0.25, -0.2) is 9.78 Å². The Bertz CT molecular complexity index is 894. The summed E-state index contributed by atoms with van der Waals surface area (Å²) < 4.78 is 12.4. The maximum atomic E-state index is 12.2. The van der Waals surface area contributed by atoms with Gasteiger partial charge in [-0.15, -0.1) is 0 Å². The number of imidazole rings is 1. The van der Waals surface area contributed by atoms with Crippen molar-refractivity contribution in [3.63, 3.8) is 0 Å². The molecule has 0 spiro atoms. The Morgan fingerprint density at radius 1 is 1.23 bits per heavy atom. The Morgan fingerprint density at radius 3 is 2.73 bits per heavy atom. The summed E-state index contributed by atoms with van der Waals surface area (Å²) in [5.74, 6) is 0.490. The molecule has 0 unspecified atom stereocenters. The second kappa shape index (κ2) is 4.59. The molecule has 0 atom stereocenters. The number of esters is 1. The number of nitrogens with zero attached hydrogens (tertiary/aromatic N) is 2. The molecular formula is C17H14N2O3. The summed E-state index contributed by atoms with van der Waals surface area (Å²) in [5, 5.41) is 0. The molecule has 0 saturated heterocycles. The van der Waals surface area contributed by atoms with Crippen LogP contribution < -0.4 is 4.74 Å². The van der Waals surface area contributed by atoms with Crippen LogP contribution in [-0.2, 0) is 18.4 Å². The van der Waals surface area contributed by atoms with E-state index in [0.29, 0.717) is 12.2 Å². The molecule has 22 heavy (non-hydrogen) atoms. The molecule has 4 rings (SSSR count). The Morgan fingerprint density at radius 2 is 2.00 bits per heavy atom. The number of hydrogen-bond acceptors (Lipinski definition) is 4. The summed E-state index contributed by atoms with van der Waals surface area (Å²) in [6, 6.07) is 9.62. The highest BCUT2D eigenvalue weighted by Crippen LogP contribution is 2.37. The third-order valence-corrected chi connectivity index (χ3v) is 4.04. The van der Waals surface area contributed by atoms with Crippen LogP contribution >= 0.6 is 0 Å². The Balaban J connectivity index is 2.06. The van der Waals surface area contributed by atoms with Crippen molar-refractivity contribution < 1.29 is 14.3 Å². The summed E-state index contributed by atoms with van der Waals surface area (Å²) in [4.78, 5) is 16.6. The van der Waals surface area contributed by atoms with Gasteiger partial charge >= 0.3 is 5.97 Å². The summed E-state index contributed by atoms with van der Waals surface area (Å²) in [6.45, 7) is 0.318. The van der Waals surface area contributed by atoms with Crippen LogP contribution in [-0.4, -0.2) is 22.6 Å². The average molecular weight is 294 g/mol. The van der Waals surface area contributed by atoms with Gasteiger partial charge in [0.05, 0.1) is 30.0 Å². The number of benzene rings is 2. The number of carbonyl (C=O) groups excluding carboxylic acids is 1. The minimum Gasteiger partial charge on any atom is -0.497 e. The largest absolute Gasteiger partial charge is 0.497 e. The Hall–Kier alpha value is -2.82. The van der Waals surface area contributed by atoms with Crippen LogP contribution in [0.2, 0.25) is 0 Å². The molecule has 110 valence electrons. The first-order valence-electron chi connectivity index (χ1n) is 6.97. The smallest absolute Gasteiger partial charge is 0.339 e. The summed E-state index contributed by atoms with van der Waals surface area (Å²) in [6.07, 6.45) is 1.76. The zero-order chi connectivity index (χ0) is 15.3. The normalized spacial score (nSPS) is 13.3. The first-order chi connectivity index (χ1) is 10.7. The third kappa shape index (κ3) is 1.72. The average Bonchev–Trinajstić information content (AvgIpc) is 3.10. The molecule has 0 bridgehead atoms. The van der Waals surface area contributed by atoms with Crippen molar-refractivity contribution in [2.75, 3.05) is 7.11 Å². The van der Waals surface area contributed by atoms with E-state index in [4.69, 9.17) is 9.47 Å². The summed E-state index contributed by atoms with van der Waals surface area (Å²) in [5.41, 5.74) is 5.09. The lowest BCUT2D eigenvalue weighted by molar-refractivity contribution is 0.0535. The molecule has 1 aliphatic heterocycles. The molecule has 2 aromatic carbocycles. The minimum absolute atomic E-state index is 0.284. The van der Waals surface area contributed by atoms with Crippen LogP contribution in [0.5, 0.6) is 5.75 Å². The monoisotopic (exact) mass is 294 g/mol. The molecule has 2 heterocycles. The topological polar surface area (TPSA) is 53.4 Å². The maximum Gasteiger partial charge on any atom is 0.339 e. The van der Waals surface area contributed by atoms with Crippen LogP contribution in [0.4, 0.5) is 0 Å². The van der Waals surface area contributed by atoms with Crippen LogP contribution in [0.3, 0.4) is 0 Å². The number of aromatic nitrogens is 2. The van der Waals surface area contributed by atoms with E-state index >= 15 is 0 Å². The predicted molar refractivity (Wildman–Crippen MR) is 81.8 cm³/mol. The first-order valence-corrected chi connectivity index (χ1v) is 6.97. The molecule has 5 heteroatoms. The van der Waals surface area contributed by atoms with Gasteiger partial charge in [-0.05, 0) is 23.8 Å². The van der Waals surface area contributed by atoms with E-state index in [2.05, 4.69) is 4.98 Å². The molecule has 0 fully saturated rings. The fourth-order valence-corrected chi connectivity index (χ4v) is 2.92. The van der Waals surface area contributed by atoms with Crippen molar-refractivity contribution in [3.05, 3.63) is 47.8 Å². The van der Waals surface area contributed by atoms with E-state index in [0.717, 1.165) is 33.5 Å². The van der Waals surface area contributed by atoms with Crippen LogP contribution in [0.1, 0.15) is 15.9 Å². The first kappa shape index (κ1) is 12.9. The highest BCUT2D eigenvalue weighted by atomic mass is 16.5. The second-order valence-corrected chi connectivity index (χ2v) is 5.31. The van der Waals surface area contributed by atoms with Crippen molar-refractivity contribution in [1.29, 1.82) is 0 Å². The van der Waals surface area contributed by atoms with Gasteiger partial charge in [0, 0.05) is 18.2 Å². The zero-order valence-electron chi connectivity index (χ0n) is 12.3. The maximum absolute atomic E-state index is 12.2. The molecule has 1 aliphatic rings. The quantitative estimate of drug-likeness (QED) is 0.682. The molecule has 1 aromatic heterocycles. The van der Waals surface area contributed by atoms with Gasteiger partial charge in [0.2, 0.25) is 0 Å². The lowest BCUT2D eigenvalue weighted by atomic mass is 9.95. The van der Waals surface area contributed by atoms with Gasteiger partial charge in [-0.3, -0.25) is 0 Å². The van der Waals surface area contributed by atoms with E-state index in [9.17, 15) is 4.79 Å². The number of methoxy groups -OCH3 is 1. The minimum atomic E-state index is -0.284. The van der Waals surface area contributed by atoms with Crippen LogP contribution in [0.25, 0.3) is 22.2 Å². The number of ether oxygens (including phenoxy) is 2.